The molecular weight excluding hydrogens is 385 g/mol. The van der Waals surface area contributed by atoms with E-state index < -0.39 is 6.67 Å². The molecule has 2 aromatic heterocycles. The van der Waals surface area contributed by atoms with Gasteiger partial charge >= 0.3 is 0 Å². The molecule has 0 atom stereocenters. The molecule has 0 aliphatic rings. The van der Waals surface area contributed by atoms with E-state index in [0.717, 1.165) is 16.7 Å². The van der Waals surface area contributed by atoms with Crippen LogP contribution in [0.4, 0.5) is 4.39 Å². The summed E-state index contributed by atoms with van der Waals surface area (Å²) in [5, 5.41) is 3.58. The maximum Gasteiger partial charge on any atom is 0.268 e. The Labute approximate surface area is 171 Å². The van der Waals surface area contributed by atoms with Crippen molar-refractivity contribution in [2.24, 2.45) is 0 Å². The van der Waals surface area contributed by atoms with Gasteiger partial charge in [0.25, 0.3) is 11.5 Å². The second kappa shape index (κ2) is 8.24. The first-order chi connectivity index (χ1) is 14.6. The number of benzene rings is 2. The minimum absolute atomic E-state index is 0.249. The molecule has 152 valence electrons. The molecule has 0 saturated carbocycles. The van der Waals surface area contributed by atoms with Gasteiger partial charge in [-0.2, -0.15) is 0 Å². The van der Waals surface area contributed by atoms with E-state index in [-0.39, 0.29) is 11.5 Å². The van der Waals surface area contributed by atoms with Gasteiger partial charge in [-0.15, -0.1) is 0 Å². The minimum atomic E-state index is -0.570. The zero-order chi connectivity index (χ0) is 21.1. The van der Waals surface area contributed by atoms with Crippen molar-refractivity contribution < 1.29 is 13.9 Å². The fourth-order valence-corrected chi connectivity index (χ4v) is 3.29. The number of hydrogen-bond donors (Lipinski definition) is 2. The smallest absolute Gasteiger partial charge is 0.268 e. The monoisotopic (exact) mass is 405 g/mol. The van der Waals surface area contributed by atoms with Crippen LogP contribution in [0.1, 0.15) is 21.6 Å². The highest BCUT2D eigenvalue weighted by molar-refractivity contribution is 5.97. The Morgan fingerprint density at radius 2 is 1.87 bits per heavy atom. The van der Waals surface area contributed by atoms with Crippen LogP contribution in [0.2, 0.25) is 0 Å². The summed E-state index contributed by atoms with van der Waals surface area (Å²) < 4.78 is 19.5. The van der Waals surface area contributed by atoms with E-state index >= 15 is 0 Å². The van der Waals surface area contributed by atoms with Crippen molar-refractivity contribution in [2.45, 2.75) is 13.2 Å². The number of amides is 1. The Kier molecular flexibility index (Phi) is 5.34. The standard InChI is InChI=1S/C23H20FN3O3/c1-30-19-4-2-3-16(11-19)14-25-23(29)20-12-17-7-10-21(28)27(22(17)26-20)18-8-5-15(13-24)6-9-18/h2-12,26H,13-14H2,1H3,(H,25,29). The van der Waals surface area contributed by atoms with Crippen molar-refractivity contribution >= 4 is 16.9 Å². The zero-order valence-electron chi connectivity index (χ0n) is 16.3. The fourth-order valence-electron chi connectivity index (χ4n) is 3.29. The lowest BCUT2D eigenvalue weighted by Gasteiger charge is -2.08. The minimum Gasteiger partial charge on any atom is -0.497 e. The van der Waals surface area contributed by atoms with Crippen LogP contribution in [0.25, 0.3) is 16.7 Å². The maximum atomic E-state index is 12.8. The Morgan fingerprint density at radius 3 is 2.60 bits per heavy atom. The number of ether oxygens (including phenoxy) is 1. The van der Waals surface area contributed by atoms with E-state index in [1.165, 1.54) is 10.6 Å². The van der Waals surface area contributed by atoms with Crippen LogP contribution < -0.4 is 15.6 Å². The molecule has 2 heterocycles. The third-order valence-electron chi connectivity index (χ3n) is 4.86. The molecule has 0 bridgehead atoms. The molecule has 0 unspecified atom stereocenters. The van der Waals surface area contributed by atoms with Gasteiger partial charge in [0.2, 0.25) is 0 Å². The quantitative estimate of drug-likeness (QED) is 0.513. The Morgan fingerprint density at radius 1 is 1.07 bits per heavy atom. The number of aromatic amines is 1. The lowest BCUT2D eigenvalue weighted by atomic mass is 10.2. The first-order valence-corrected chi connectivity index (χ1v) is 9.40. The molecule has 1 amide bonds. The van der Waals surface area contributed by atoms with Crippen LogP contribution in [0.15, 0.2) is 71.5 Å². The number of H-pyrrole nitrogens is 1. The highest BCUT2D eigenvalue weighted by Gasteiger charge is 2.13. The number of halogens is 1. The molecule has 0 aliphatic carbocycles. The third kappa shape index (κ3) is 3.82. The number of carbonyl (C=O) groups excluding carboxylic acids is 1. The summed E-state index contributed by atoms with van der Waals surface area (Å²) in [6, 6.07) is 18.9. The van der Waals surface area contributed by atoms with Gasteiger partial charge < -0.3 is 15.0 Å². The van der Waals surface area contributed by atoms with Crippen LogP contribution in [0.5, 0.6) is 5.75 Å². The zero-order valence-corrected chi connectivity index (χ0v) is 16.3. The molecule has 0 fully saturated rings. The van der Waals surface area contributed by atoms with Crippen LogP contribution in [0, 0.1) is 0 Å². The van der Waals surface area contributed by atoms with Gasteiger partial charge in [0, 0.05) is 18.0 Å². The number of alkyl halides is 1. The topological polar surface area (TPSA) is 76.1 Å². The predicted octanol–water partition coefficient (Wildman–Crippen LogP) is 3.73. The number of carbonyl (C=O) groups is 1. The molecule has 2 aromatic carbocycles. The molecule has 6 nitrogen and oxygen atoms in total. The summed E-state index contributed by atoms with van der Waals surface area (Å²) >= 11 is 0. The highest BCUT2D eigenvalue weighted by atomic mass is 19.1. The van der Waals surface area contributed by atoms with E-state index in [2.05, 4.69) is 10.3 Å². The number of fused-ring (bicyclic) bond motifs is 1. The number of pyridine rings is 1. The summed E-state index contributed by atoms with van der Waals surface area (Å²) in [5.41, 5.74) is 2.62. The second-order valence-electron chi connectivity index (χ2n) is 6.83. The normalized spacial score (nSPS) is 10.9. The number of nitrogens with one attached hydrogen (secondary N) is 2. The highest BCUT2D eigenvalue weighted by Crippen LogP contribution is 2.19. The van der Waals surface area contributed by atoms with Crippen LogP contribution >= 0.6 is 0 Å². The number of nitrogens with zero attached hydrogens (tertiary/aromatic N) is 1. The van der Waals surface area contributed by atoms with E-state index in [1.807, 2.05) is 24.3 Å². The first kappa shape index (κ1) is 19.4. The second-order valence-corrected chi connectivity index (χ2v) is 6.83. The van der Waals surface area contributed by atoms with E-state index in [1.54, 1.807) is 43.5 Å². The Bertz CT molecular complexity index is 1260. The van der Waals surface area contributed by atoms with E-state index in [9.17, 15) is 14.0 Å². The van der Waals surface area contributed by atoms with Crippen LogP contribution in [-0.2, 0) is 13.2 Å². The fraction of sp³-hybridized carbons (Fsp3) is 0.130. The average Bonchev–Trinajstić information content (AvgIpc) is 3.22. The molecular formula is C23H20FN3O3. The lowest BCUT2D eigenvalue weighted by molar-refractivity contribution is 0.0946. The largest absolute Gasteiger partial charge is 0.497 e. The van der Waals surface area contributed by atoms with Crippen molar-refractivity contribution in [3.63, 3.8) is 0 Å². The Hall–Kier alpha value is -3.87. The molecule has 30 heavy (non-hydrogen) atoms. The molecule has 0 aliphatic heterocycles. The van der Waals surface area contributed by atoms with Gasteiger partial charge in [-0.1, -0.05) is 24.3 Å². The number of rotatable bonds is 6. The molecule has 0 saturated heterocycles. The molecule has 0 spiro atoms. The van der Waals surface area contributed by atoms with Gasteiger partial charge in [-0.25, -0.2) is 4.39 Å². The summed E-state index contributed by atoms with van der Waals surface area (Å²) in [7, 11) is 1.59. The van der Waals surface area contributed by atoms with Crippen molar-refractivity contribution in [2.75, 3.05) is 7.11 Å². The number of aromatic nitrogens is 2. The lowest BCUT2D eigenvalue weighted by Crippen LogP contribution is -2.23. The summed E-state index contributed by atoms with van der Waals surface area (Å²) in [5.74, 6) is 0.427. The van der Waals surface area contributed by atoms with E-state index in [0.29, 0.717) is 29.1 Å². The van der Waals surface area contributed by atoms with Gasteiger partial charge in [0.15, 0.2) is 0 Å². The van der Waals surface area contributed by atoms with Crippen molar-refractivity contribution in [1.29, 1.82) is 0 Å². The van der Waals surface area contributed by atoms with Gasteiger partial charge in [-0.3, -0.25) is 14.2 Å². The first-order valence-electron chi connectivity index (χ1n) is 9.40. The predicted molar refractivity (Wildman–Crippen MR) is 113 cm³/mol. The maximum absolute atomic E-state index is 12.8. The Balaban J connectivity index is 1.62. The van der Waals surface area contributed by atoms with Gasteiger partial charge in [0.1, 0.15) is 23.8 Å². The summed E-state index contributed by atoms with van der Waals surface area (Å²) in [6.45, 7) is -0.234. The van der Waals surface area contributed by atoms with Crippen LogP contribution in [-0.4, -0.2) is 22.6 Å². The van der Waals surface area contributed by atoms with E-state index in [4.69, 9.17) is 4.74 Å². The molecule has 4 aromatic rings. The average molecular weight is 405 g/mol. The van der Waals surface area contributed by atoms with Gasteiger partial charge in [-0.05, 0) is 47.5 Å². The SMILES string of the molecule is COc1cccc(CNC(=O)c2cc3ccc(=O)n(-c4ccc(CF)cc4)c3[nH]2)c1. The summed E-state index contributed by atoms with van der Waals surface area (Å²) in [6.07, 6.45) is 0. The van der Waals surface area contributed by atoms with Gasteiger partial charge in [0.05, 0.1) is 12.8 Å². The molecule has 4 rings (SSSR count). The van der Waals surface area contributed by atoms with Crippen molar-refractivity contribution in [3.8, 4) is 11.4 Å². The number of methoxy groups -OCH3 is 1. The molecule has 0 radical (unpaired) electrons. The van der Waals surface area contributed by atoms with Crippen molar-refractivity contribution in [1.82, 2.24) is 14.9 Å². The molecule has 7 heteroatoms. The summed E-state index contributed by atoms with van der Waals surface area (Å²) in [4.78, 5) is 28.2. The number of hydrogen-bond acceptors (Lipinski definition) is 3. The molecule has 2 N–H and O–H groups in total. The third-order valence-corrected chi connectivity index (χ3v) is 4.86. The van der Waals surface area contributed by atoms with Crippen molar-refractivity contribution in [3.05, 3.63) is 93.9 Å². The van der Waals surface area contributed by atoms with Crippen LogP contribution in [0.3, 0.4) is 0 Å².